The number of aryl methyl sites for hydroxylation is 1. The molecule has 0 aliphatic carbocycles. The van der Waals surface area contributed by atoms with Crippen molar-refractivity contribution >= 4 is 16.0 Å². The van der Waals surface area contributed by atoms with E-state index in [9.17, 15) is 8.42 Å². The fourth-order valence-electron chi connectivity index (χ4n) is 2.89. The summed E-state index contributed by atoms with van der Waals surface area (Å²) in [6, 6.07) is 14.9. The molecule has 31 heavy (non-hydrogen) atoms. The molecule has 8 nitrogen and oxygen atoms in total. The van der Waals surface area contributed by atoms with Gasteiger partial charge in [0.2, 0.25) is 15.9 Å². The molecule has 0 fully saturated rings. The van der Waals surface area contributed by atoms with Crippen LogP contribution in [0.2, 0.25) is 0 Å². The van der Waals surface area contributed by atoms with Gasteiger partial charge in [0, 0.05) is 33.3 Å². The van der Waals surface area contributed by atoms with Crippen molar-refractivity contribution in [3.05, 3.63) is 71.6 Å². The van der Waals surface area contributed by atoms with Gasteiger partial charge in [-0.1, -0.05) is 35.9 Å². The van der Waals surface area contributed by atoms with Crippen LogP contribution in [-0.2, 0) is 23.1 Å². The zero-order valence-corrected chi connectivity index (χ0v) is 18.9. The zero-order chi connectivity index (χ0) is 22.4. The number of aromatic nitrogens is 1. The Morgan fingerprint density at radius 1 is 1.06 bits per heavy atom. The molecule has 0 aliphatic heterocycles. The Kier molecular flexibility index (Phi) is 7.09. The van der Waals surface area contributed by atoms with Crippen LogP contribution in [0.3, 0.4) is 0 Å². The standard InChI is InChI=1S/C22H27N5O3S/c1-16-9-11-17(12-10-16)21-26-19(15-30-21)14-25-22(23-2)24-13-18-7-5-6-8-20(18)31(28,29)27(3)4/h5-12,15H,13-14H2,1-4H3,(H2,23,24,25). The van der Waals surface area contributed by atoms with Crippen LogP contribution in [0.5, 0.6) is 0 Å². The molecule has 3 aromatic rings. The number of nitrogens with one attached hydrogen (secondary N) is 2. The van der Waals surface area contributed by atoms with Crippen LogP contribution in [0.25, 0.3) is 11.5 Å². The van der Waals surface area contributed by atoms with Crippen LogP contribution in [0.4, 0.5) is 0 Å². The lowest BCUT2D eigenvalue weighted by molar-refractivity contribution is 0.519. The monoisotopic (exact) mass is 441 g/mol. The number of hydrogen-bond acceptors (Lipinski definition) is 5. The van der Waals surface area contributed by atoms with Gasteiger partial charge in [-0.2, -0.15) is 0 Å². The molecule has 1 aromatic heterocycles. The second-order valence-electron chi connectivity index (χ2n) is 7.18. The molecule has 9 heteroatoms. The molecule has 0 saturated heterocycles. The van der Waals surface area contributed by atoms with E-state index in [1.807, 2.05) is 37.3 Å². The molecule has 0 aliphatic rings. The molecular formula is C22H27N5O3S. The molecular weight excluding hydrogens is 414 g/mol. The van der Waals surface area contributed by atoms with E-state index in [0.717, 1.165) is 11.3 Å². The van der Waals surface area contributed by atoms with Gasteiger partial charge in [0.25, 0.3) is 0 Å². The maximum absolute atomic E-state index is 12.5. The molecule has 1 heterocycles. The van der Waals surface area contributed by atoms with Crippen LogP contribution >= 0.6 is 0 Å². The topological polar surface area (TPSA) is 99.8 Å². The summed E-state index contributed by atoms with van der Waals surface area (Å²) in [5.41, 5.74) is 3.47. The van der Waals surface area contributed by atoms with Gasteiger partial charge in [-0.3, -0.25) is 4.99 Å². The number of guanidine groups is 1. The number of oxazole rings is 1. The van der Waals surface area contributed by atoms with E-state index in [0.29, 0.717) is 30.5 Å². The average molecular weight is 442 g/mol. The summed E-state index contributed by atoms with van der Waals surface area (Å²) in [4.78, 5) is 8.97. The third kappa shape index (κ3) is 5.50. The van der Waals surface area contributed by atoms with Gasteiger partial charge in [0.1, 0.15) is 6.26 Å². The highest BCUT2D eigenvalue weighted by Crippen LogP contribution is 2.19. The summed E-state index contributed by atoms with van der Waals surface area (Å²) in [6.45, 7) is 2.74. The lowest BCUT2D eigenvalue weighted by Gasteiger charge is -2.16. The first-order chi connectivity index (χ1) is 14.8. The SMILES string of the molecule is CN=C(NCc1coc(-c2ccc(C)cc2)n1)NCc1ccccc1S(=O)(=O)N(C)C. The van der Waals surface area contributed by atoms with Gasteiger partial charge in [0.05, 0.1) is 17.1 Å². The van der Waals surface area contributed by atoms with E-state index in [1.54, 1.807) is 31.5 Å². The summed E-state index contributed by atoms with van der Waals surface area (Å²) < 4.78 is 31.9. The zero-order valence-electron chi connectivity index (χ0n) is 18.1. The molecule has 0 radical (unpaired) electrons. The number of rotatable bonds is 7. The Hall–Kier alpha value is -3.17. The van der Waals surface area contributed by atoms with Crippen molar-refractivity contribution in [1.29, 1.82) is 0 Å². The maximum atomic E-state index is 12.5. The van der Waals surface area contributed by atoms with Gasteiger partial charge in [0.15, 0.2) is 5.96 Å². The van der Waals surface area contributed by atoms with Gasteiger partial charge in [-0.25, -0.2) is 17.7 Å². The van der Waals surface area contributed by atoms with E-state index in [1.165, 1.54) is 24.0 Å². The number of aliphatic imine (C=N–C) groups is 1. The van der Waals surface area contributed by atoms with E-state index in [4.69, 9.17) is 4.42 Å². The molecule has 2 aromatic carbocycles. The fraction of sp³-hybridized carbons (Fsp3) is 0.273. The lowest BCUT2D eigenvalue weighted by Crippen LogP contribution is -2.37. The van der Waals surface area contributed by atoms with Crippen LogP contribution in [0.1, 0.15) is 16.8 Å². The molecule has 164 valence electrons. The van der Waals surface area contributed by atoms with Crippen molar-refractivity contribution in [2.24, 2.45) is 4.99 Å². The molecule has 2 N–H and O–H groups in total. The minimum atomic E-state index is -3.53. The summed E-state index contributed by atoms with van der Waals surface area (Å²) in [6.07, 6.45) is 1.61. The van der Waals surface area contributed by atoms with Gasteiger partial charge in [-0.05, 0) is 30.7 Å². The van der Waals surface area contributed by atoms with Gasteiger partial charge >= 0.3 is 0 Å². The Morgan fingerprint density at radius 2 is 1.74 bits per heavy atom. The number of nitrogens with zero attached hydrogens (tertiary/aromatic N) is 3. The van der Waals surface area contributed by atoms with Crippen LogP contribution in [0.15, 0.2) is 69.1 Å². The first-order valence-electron chi connectivity index (χ1n) is 9.77. The molecule has 0 bridgehead atoms. The van der Waals surface area contributed by atoms with Gasteiger partial charge < -0.3 is 15.1 Å². The summed E-state index contributed by atoms with van der Waals surface area (Å²) in [5.74, 6) is 1.08. The number of hydrogen-bond donors (Lipinski definition) is 2. The minimum absolute atomic E-state index is 0.266. The van der Waals surface area contributed by atoms with Crippen molar-refractivity contribution in [2.45, 2.75) is 24.9 Å². The Balaban J connectivity index is 1.62. The number of sulfonamides is 1. The van der Waals surface area contributed by atoms with Crippen LogP contribution in [-0.4, -0.2) is 44.8 Å². The molecule has 0 unspecified atom stereocenters. The van der Waals surface area contributed by atoms with E-state index < -0.39 is 10.0 Å². The van der Waals surface area contributed by atoms with Crippen LogP contribution in [0, 0.1) is 6.92 Å². The highest BCUT2D eigenvalue weighted by Gasteiger charge is 2.20. The Labute approximate surface area is 183 Å². The summed E-state index contributed by atoms with van der Waals surface area (Å²) >= 11 is 0. The summed E-state index contributed by atoms with van der Waals surface area (Å²) in [5, 5.41) is 6.32. The van der Waals surface area contributed by atoms with Crippen molar-refractivity contribution in [2.75, 3.05) is 21.1 Å². The summed E-state index contributed by atoms with van der Waals surface area (Å²) in [7, 11) is 1.15. The predicted octanol–water partition coefficient (Wildman–Crippen LogP) is 2.77. The molecule has 0 spiro atoms. The van der Waals surface area contributed by atoms with Crippen molar-refractivity contribution in [3.8, 4) is 11.5 Å². The Bertz CT molecular complexity index is 1150. The maximum Gasteiger partial charge on any atom is 0.242 e. The lowest BCUT2D eigenvalue weighted by atomic mass is 10.1. The second kappa shape index (κ2) is 9.76. The largest absolute Gasteiger partial charge is 0.444 e. The number of benzene rings is 2. The highest BCUT2D eigenvalue weighted by molar-refractivity contribution is 7.89. The van der Waals surface area contributed by atoms with Crippen LogP contribution < -0.4 is 10.6 Å². The van der Waals surface area contributed by atoms with E-state index >= 15 is 0 Å². The van der Waals surface area contributed by atoms with Gasteiger partial charge in [-0.15, -0.1) is 0 Å². The third-order valence-electron chi connectivity index (χ3n) is 4.69. The first-order valence-corrected chi connectivity index (χ1v) is 11.2. The molecule has 0 atom stereocenters. The average Bonchev–Trinajstić information content (AvgIpc) is 3.23. The highest BCUT2D eigenvalue weighted by atomic mass is 32.2. The molecule has 3 rings (SSSR count). The van der Waals surface area contributed by atoms with Crippen molar-refractivity contribution in [3.63, 3.8) is 0 Å². The molecule has 0 saturated carbocycles. The van der Waals surface area contributed by atoms with Crippen molar-refractivity contribution in [1.82, 2.24) is 19.9 Å². The molecule has 0 amide bonds. The second-order valence-corrected chi connectivity index (χ2v) is 9.30. The third-order valence-corrected chi connectivity index (χ3v) is 6.60. The van der Waals surface area contributed by atoms with E-state index in [2.05, 4.69) is 20.6 Å². The van der Waals surface area contributed by atoms with E-state index in [-0.39, 0.29) is 4.90 Å². The quantitative estimate of drug-likeness (QED) is 0.432. The fourth-order valence-corrected chi connectivity index (χ4v) is 4.00. The van der Waals surface area contributed by atoms with Crippen molar-refractivity contribution < 1.29 is 12.8 Å². The smallest absolute Gasteiger partial charge is 0.242 e. The predicted molar refractivity (Wildman–Crippen MR) is 121 cm³/mol. The normalized spacial score (nSPS) is 12.2. The minimum Gasteiger partial charge on any atom is -0.444 e. The Morgan fingerprint density at radius 3 is 2.42 bits per heavy atom. The first kappa shape index (κ1) is 22.5.